The van der Waals surface area contributed by atoms with Crippen molar-refractivity contribution in [1.29, 1.82) is 0 Å². The maximum atomic E-state index is 6.22. The first kappa shape index (κ1) is 12.1. The molecule has 3 aliphatic heterocycles. The number of piperazine rings is 1. The Bertz CT molecular complexity index is 520. The molecule has 0 aliphatic carbocycles. The predicted molar refractivity (Wildman–Crippen MR) is 78.7 cm³/mol. The van der Waals surface area contributed by atoms with Crippen LogP contribution in [-0.2, 0) is 0 Å². The normalized spacial score (nSPS) is 25.6. The third-order valence-corrected chi connectivity index (χ3v) is 4.62. The van der Waals surface area contributed by atoms with Gasteiger partial charge in [-0.1, -0.05) is 0 Å². The fraction of sp³-hybridized carbons (Fsp3) is 0.600. The molecule has 1 aromatic carbocycles. The van der Waals surface area contributed by atoms with Crippen LogP contribution in [0.4, 0.5) is 11.4 Å². The van der Waals surface area contributed by atoms with E-state index in [0.29, 0.717) is 19.3 Å². The Morgan fingerprint density at radius 2 is 1.85 bits per heavy atom. The summed E-state index contributed by atoms with van der Waals surface area (Å²) in [4.78, 5) is 5.00. The number of fused-ring (bicyclic) bond motifs is 2. The standard InChI is InChI=1S/C15H21N3O2/c16-12-8-14-15(20-7-6-19-14)9-13(12)18-5-4-17-3-1-2-11(17)10-18/h8-9,11H,1-7,10,16H2. The highest BCUT2D eigenvalue weighted by atomic mass is 16.6. The van der Waals surface area contributed by atoms with Crippen molar-refractivity contribution in [2.45, 2.75) is 18.9 Å². The molecule has 108 valence electrons. The molecule has 0 saturated carbocycles. The minimum absolute atomic E-state index is 0.604. The summed E-state index contributed by atoms with van der Waals surface area (Å²) in [6.07, 6.45) is 2.64. The lowest BCUT2D eigenvalue weighted by molar-refractivity contribution is 0.171. The Labute approximate surface area is 119 Å². The van der Waals surface area contributed by atoms with Crippen molar-refractivity contribution in [3.05, 3.63) is 12.1 Å². The van der Waals surface area contributed by atoms with Gasteiger partial charge < -0.3 is 20.1 Å². The fourth-order valence-corrected chi connectivity index (χ4v) is 3.58. The second-order valence-electron chi connectivity index (χ2n) is 5.83. The van der Waals surface area contributed by atoms with Gasteiger partial charge in [-0.3, -0.25) is 4.90 Å². The first-order chi connectivity index (χ1) is 9.81. The van der Waals surface area contributed by atoms with Crippen LogP contribution in [0.1, 0.15) is 12.8 Å². The summed E-state index contributed by atoms with van der Waals surface area (Å²) in [7, 11) is 0. The second-order valence-corrected chi connectivity index (χ2v) is 5.83. The van der Waals surface area contributed by atoms with Crippen LogP contribution in [0.25, 0.3) is 0 Å². The SMILES string of the molecule is Nc1cc2c(cc1N1CCN3CCCC3C1)OCCO2. The number of hydrogen-bond donors (Lipinski definition) is 1. The molecule has 0 amide bonds. The van der Waals surface area contributed by atoms with Gasteiger partial charge in [-0.15, -0.1) is 0 Å². The van der Waals surface area contributed by atoms with Gasteiger partial charge in [-0.2, -0.15) is 0 Å². The van der Waals surface area contributed by atoms with E-state index in [2.05, 4.69) is 15.9 Å². The minimum atomic E-state index is 0.604. The predicted octanol–water partition coefficient (Wildman–Crippen LogP) is 1.32. The third-order valence-electron chi connectivity index (χ3n) is 4.62. The number of benzene rings is 1. The molecular weight excluding hydrogens is 254 g/mol. The van der Waals surface area contributed by atoms with E-state index in [-0.39, 0.29) is 0 Å². The van der Waals surface area contributed by atoms with Gasteiger partial charge in [0.2, 0.25) is 0 Å². The van der Waals surface area contributed by atoms with Crippen LogP contribution in [0.3, 0.4) is 0 Å². The fourth-order valence-electron chi connectivity index (χ4n) is 3.58. The molecule has 0 bridgehead atoms. The molecule has 1 atom stereocenters. The first-order valence-corrected chi connectivity index (χ1v) is 7.49. The summed E-state index contributed by atoms with van der Waals surface area (Å²) in [5, 5.41) is 0. The van der Waals surface area contributed by atoms with E-state index < -0.39 is 0 Å². The van der Waals surface area contributed by atoms with Crippen LogP contribution in [0, 0.1) is 0 Å². The zero-order valence-electron chi connectivity index (χ0n) is 11.7. The monoisotopic (exact) mass is 275 g/mol. The van der Waals surface area contributed by atoms with Crippen LogP contribution in [0.2, 0.25) is 0 Å². The van der Waals surface area contributed by atoms with Crippen LogP contribution in [-0.4, -0.2) is 50.3 Å². The van der Waals surface area contributed by atoms with Gasteiger partial charge in [0.25, 0.3) is 0 Å². The molecule has 0 radical (unpaired) electrons. The van der Waals surface area contributed by atoms with Crippen molar-refractivity contribution in [1.82, 2.24) is 4.90 Å². The molecule has 5 heteroatoms. The summed E-state index contributed by atoms with van der Waals surface area (Å²) in [5.74, 6) is 1.60. The number of hydrogen-bond acceptors (Lipinski definition) is 5. The molecule has 2 saturated heterocycles. The van der Waals surface area contributed by atoms with Crippen molar-refractivity contribution >= 4 is 11.4 Å². The first-order valence-electron chi connectivity index (χ1n) is 7.49. The minimum Gasteiger partial charge on any atom is -0.486 e. The zero-order chi connectivity index (χ0) is 13.5. The summed E-state index contributed by atoms with van der Waals surface area (Å²) in [6.45, 7) is 5.73. The van der Waals surface area contributed by atoms with Crippen molar-refractivity contribution in [2.24, 2.45) is 0 Å². The maximum Gasteiger partial charge on any atom is 0.163 e. The molecule has 20 heavy (non-hydrogen) atoms. The molecule has 2 fully saturated rings. The maximum absolute atomic E-state index is 6.22. The highest BCUT2D eigenvalue weighted by molar-refractivity contribution is 5.73. The van der Waals surface area contributed by atoms with E-state index in [4.69, 9.17) is 15.2 Å². The number of nitrogens with zero attached hydrogens (tertiary/aromatic N) is 2. The lowest BCUT2D eigenvalue weighted by Crippen LogP contribution is -2.50. The summed E-state index contributed by atoms with van der Waals surface area (Å²) < 4.78 is 11.3. The second kappa shape index (κ2) is 4.74. The molecule has 1 aromatic rings. The number of nitrogens with two attached hydrogens (primary N) is 1. The van der Waals surface area contributed by atoms with Crippen LogP contribution >= 0.6 is 0 Å². The lowest BCUT2D eigenvalue weighted by Gasteiger charge is -2.39. The van der Waals surface area contributed by atoms with Crippen LogP contribution < -0.4 is 20.1 Å². The Balaban J connectivity index is 1.61. The van der Waals surface area contributed by atoms with Crippen molar-refractivity contribution < 1.29 is 9.47 Å². The number of ether oxygens (including phenoxy) is 2. The van der Waals surface area contributed by atoms with Gasteiger partial charge in [0.15, 0.2) is 11.5 Å². The van der Waals surface area contributed by atoms with Gasteiger partial charge in [-0.05, 0) is 19.4 Å². The molecule has 1 unspecified atom stereocenters. The molecule has 2 N–H and O–H groups in total. The quantitative estimate of drug-likeness (QED) is 0.784. The molecule has 0 spiro atoms. The van der Waals surface area contributed by atoms with E-state index in [1.165, 1.54) is 19.4 Å². The zero-order valence-corrected chi connectivity index (χ0v) is 11.7. The molecular formula is C15H21N3O2. The van der Waals surface area contributed by atoms with Crippen molar-refractivity contribution in [3.8, 4) is 11.5 Å². The smallest absolute Gasteiger partial charge is 0.163 e. The van der Waals surface area contributed by atoms with Gasteiger partial charge in [0, 0.05) is 37.8 Å². The van der Waals surface area contributed by atoms with E-state index in [1.54, 1.807) is 0 Å². The molecule has 4 rings (SSSR count). The largest absolute Gasteiger partial charge is 0.486 e. The Kier molecular flexibility index (Phi) is 2.88. The average Bonchev–Trinajstić information content (AvgIpc) is 2.94. The Morgan fingerprint density at radius 1 is 1.05 bits per heavy atom. The van der Waals surface area contributed by atoms with Gasteiger partial charge in [-0.25, -0.2) is 0 Å². The third kappa shape index (κ3) is 1.97. The average molecular weight is 275 g/mol. The summed E-state index contributed by atoms with van der Waals surface area (Å²) >= 11 is 0. The molecule has 3 aliphatic rings. The van der Waals surface area contributed by atoms with Gasteiger partial charge in [0.05, 0.1) is 11.4 Å². The molecule has 0 aromatic heterocycles. The Morgan fingerprint density at radius 3 is 2.70 bits per heavy atom. The van der Waals surface area contributed by atoms with E-state index in [9.17, 15) is 0 Å². The number of nitrogen functional groups attached to an aromatic ring is 1. The highest BCUT2D eigenvalue weighted by Gasteiger charge is 2.31. The Hall–Kier alpha value is -1.62. The topological polar surface area (TPSA) is 51.0 Å². The number of anilines is 2. The number of rotatable bonds is 1. The van der Waals surface area contributed by atoms with E-state index in [1.807, 2.05) is 6.07 Å². The van der Waals surface area contributed by atoms with Gasteiger partial charge in [0.1, 0.15) is 13.2 Å². The highest BCUT2D eigenvalue weighted by Crippen LogP contribution is 2.39. The molecule has 5 nitrogen and oxygen atoms in total. The summed E-state index contributed by atoms with van der Waals surface area (Å²) in [5.41, 5.74) is 8.11. The van der Waals surface area contributed by atoms with E-state index in [0.717, 1.165) is 42.5 Å². The van der Waals surface area contributed by atoms with Gasteiger partial charge >= 0.3 is 0 Å². The molecule has 3 heterocycles. The van der Waals surface area contributed by atoms with E-state index >= 15 is 0 Å². The summed E-state index contributed by atoms with van der Waals surface area (Å²) in [6, 6.07) is 4.65. The lowest BCUT2D eigenvalue weighted by atomic mass is 10.1. The van der Waals surface area contributed by atoms with Crippen molar-refractivity contribution in [3.63, 3.8) is 0 Å². The van der Waals surface area contributed by atoms with Crippen molar-refractivity contribution in [2.75, 3.05) is 50.0 Å². The van der Waals surface area contributed by atoms with Crippen LogP contribution in [0.5, 0.6) is 11.5 Å². The van der Waals surface area contributed by atoms with Crippen LogP contribution in [0.15, 0.2) is 12.1 Å².